The molecule has 0 spiro atoms. The van der Waals surface area contributed by atoms with Gasteiger partial charge in [0, 0.05) is 11.3 Å². The molecule has 1 aliphatic carbocycles. The van der Waals surface area contributed by atoms with Crippen LogP contribution >= 0.6 is 11.8 Å². The van der Waals surface area contributed by atoms with Gasteiger partial charge in [0.15, 0.2) is 0 Å². The summed E-state index contributed by atoms with van der Waals surface area (Å²) in [4.78, 5) is 24.0. The number of imide groups is 1. The van der Waals surface area contributed by atoms with Gasteiger partial charge < -0.3 is 4.90 Å². The van der Waals surface area contributed by atoms with E-state index in [2.05, 4.69) is 11.6 Å². The van der Waals surface area contributed by atoms with Crippen LogP contribution in [0.4, 0.5) is 4.79 Å². The summed E-state index contributed by atoms with van der Waals surface area (Å²) in [5.74, 6) is -0.164. The van der Waals surface area contributed by atoms with Gasteiger partial charge in [0.05, 0.1) is 0 Å². The fourth-order valence-electron chi connectivity index (χ4n) is 2.17. The highest BCUT2D eigenvalue weighted by molar-refractivity contribution is 7.99. The van der Waals surface area contributed by atoms with Gasteiger partial charge >= 0.3 is 6.03 Å². The van der Waals surface area contributed by atoms with Gasteiger partial charge in [-0.15, -0.1) is 0 Å². The molecule has 0 bridgehead atoms. The number of thioether (sulfide) groups is 1. The Hall–Kier alpha value is -0.710. The summed E-state index contributed by atoms with van der Waals surface area (Å²) in [5, 5.41) is 2.97. The third-order valence-electron chi connectivity index (χ3n) is 2.95. The molecule has 5 heteroatoms. The molecule has 0 aromatic carbocycles. The van der Waals surface area contributed by atoms with Gasteiger partial charge in [-0.3, -0.25) is 10.1 Å². The molecule has 0 aromatic rings. The van der Waals surface area contributed by atoms with E-state index in [1.807, 2.05) is 11.8 Å². The Balaban J connectivity index is 1.96. The average Bonchev–Trinajstić information content (AvgIpc) is 2.71. The lowest BCUT2D eigenvalue weighted by Crippen LogP contribution is -2.36. The van der Waals surface area contributed by atoms with Crippen LogP contribution in [-0.2, 0) is 4.79 Å². The van der Waals surface area contributed by atoms with Gasteiger partial charge in [0.25, 0.3) is 0 Å². The molecule has 1 N–H and O–H groups in total. The Bertz CT molecular complexity index is 270. The van der Waals surface area contributed by atoms with Crippen molar-refractivity contribution in [1.82, 2.24) is 10.2 Å². The number of carbonyl (C=O) groups is 2. The summed E-state index contributed by atoms with van der Waals surface area (Å²) in [6.45, 7) is 0.255. The van der Waals surface area contributed by atoms with Crippen molar-refractivity contribution in [2.75, 3.05) is 12.8 Å². The van der Waals surface area contributed by atoms with Crippen LogP contribution in [0.3, 0.4) is 0 Å². The lowest BCUT2D eigenvalue weighted by atomic mass is 10.2. The zero-order valence-electron chi connectivity index (χ0n) is 8.16. The number of hydrogen-bond acceptors (Lipinski definition) is 3. The average molecular weight is 214 g/mol. The van der Waals surface area contributed by atoms with Crippen LogP contribution in [0.5, 0.6) is 0 Å². The van der Waals surface area contributed by atoms with Crippen molar-refractivity contribution >= 4 is 23.7 Å². The lowest BCUT2D eigenvalue weighted by Gasteiger charge is -2.21. The number of hydrogen-bond donors (Lipinski definition) is 1. The van der Waals surface area contributed by atoms with E-state index in [1.165, 1.54) is 0 Å². The number of carbonyl (C=O) groups excluding carboxylic acids is 2. The fourth-order valence-corrected chi connectivity index (χ4v) is 2.95. The predicted molar refractivity (Wildman–Crippen MR) is 55.2 cm³/mol. The number of urea groups is 1. The molecule has 0 aromatic heterocycles. The second-order valence-corrected chi connectivity index (χ2v) is 4.94. The first-order valence-electron chi connectivity index (χ1n) is 4.84. The van der Waals surface area contributed by atoms with E-state index >= 15 is 0 Å². The Kier molecular flexibility index (Phi) is 2.67. The smallest absolute Gasteiger partial charge is 0.312 e. The fraction of sp³-hybridized carbons (Fsp3) is 0.778. The van der Waals surface area contributed by atoms with Crippen LogP contribution < -0.4 is 5.32 Å². The van der Waals surface area contributed by atoms with Crippen LogP contribution in [0.1, 0.15) is 19.3 Å². The molecule has 2 atom stereocenters. The molecular weight excluding hydrogens is 200 g/mol. The minimum Gasteiger partial charge on any atom is -0.312 e. The Morgan fingerprint density at radius 1 is 1.43 bits per heavy atom. The number of nitrogens with one attached hydrogen (secondary N) is 1. The zero-order valence-corrected chi connectivity index (χ0v) is 8.97. The number of amides is 3. The SMILES string of the molecule is CSC1CCC(N2CC(=O)NC2=O)C1. The van der Waals surface area contributed by atoms with Crippen LogP contribution in [0.15, 0.2) is 0 Å². The first-order chi connectivity index (χ1) is 6.70. The normalized spacial score (nSPS) is 32.5. The minimum absolute atomic E-state index is 0.164. The van der Waals surface area contributed by atoms with E-state index in [9.17, 15) is 9.59 Å². The molecule has 4 nitrogen and oxygen atoms in total. The van der Waals surface area contributed by atoms with Gasteiger partial charge in [0.2, 0.25) is 5.91 Å². The molecule has 1 heterocycles. The third-order valence-corrected chi connectivity index (χ3v) is 4.05. The van der Waals surface area contributed by atoms with E-state index in [0.29, 0.717) is 5.25 Å². The minimum atomic E-state index is -0.207. The monoisotopic (exact) mass is 214 g/mol. The summed E-state index contributed by atoms with van der Waals surface area (Å²) >= 11 is 1.85. The van der Waals surface area contributed by atoms with Crippen molar-refractivity contribution < 1.29 is 9.59 Å². The van der Waals surface area contributed by atoms with Crippen LogP contribution in [-0.4, -0.2) is 40.9 Å². The molecule has 3 amide bonds. The van der Waals surface area contributed by atoms with E-state index < -0.39 is 0 Å². The largest absolute Gasteiger partial charge is 0.324 e. The molecular formula is C9H14N2O2S. The van der Waals surface area contributed by atoms with E-state index in [1.54, 1.807) is 4.90 Å². The van der Waals surface area contributed by atoms with Gasteiger partial charge in [0.1, 0.15) is 6.54 Å². The standard InChI is InChI=1S/C9H14N2O2S/c1-14-7-3-2-6(4-7)11-5-8(12)10-9(11)13/h6-7H,2-5H2,1H3,(H,10,12,13). The number of nitrogens with zero attached hydrogens (tertiary/aromatic N) is 1. The van der Waals surface area contributed by atoms with Gasteiger partial charge in [-0.05, 0) is 25.5 Å². The molecule has 1 saturated heterocycles. The van der Waals surface area contributed by atoms with Crippen molar-refractivity contribution in [2.24, 2.45) is 0 Å². The summed E-state index contributed by atoms with van der Waals surface area (Å²) in [6.07, 6.45) is 5.32. The molecule has 2 rings (SSSR count). The molecule has 2 aliphatic rings. The summed E-state index contributed by atoms with van der Waals surface area (Å²) < 4.78 is 0. The Morgan fingerprint density at radius 2 is 2.21 bits per heavy atom. The first-order valence-corrected chi connectivity index (χ1v) is 6.12. The maximum Gasteiger partial charge on any atom is 0.324 e. The third kappa shape index (κ3) is 1.73. The van der Waals surface area contributed by atoms with Crippen LogP contribution in [0.2, 0.25) is 0 Å². The molecule has 78 valence electrons. The van der Waals surface area contributed by atoms with Crippen LogP contribution in [0, 0.1) is 0 Å². The highest BCUT2D eigenvalue weighted by Gasteiger charge is 2.36. The second-order valence-electron chi connectivity index (χ2n) is 3.81. The molecule has 1 aliphatic heterocycles. The zero-order chi connectivity index (χ0) is 10.1. The van der Waals surface area contributed by atoms with Crippen molar-refractivity contribution in [3.63, 3.8) is 0 Å². The number of rotatable bonds is 2. The van der Waals surface area contributed by atoms with Gasteiger partial charge in [-0.1, -0.05) is 0 Å². The summed E-state index contributed by atoms with van der Waals surface area (Å²) in [5.41, 5.74) is 0. The summed E-state index contributed by atoms with van der Waals surface area (Å²) in [6, 6.07) is 0.0700. The van der Waals surface area contributed by atoms with Crippen molar-refractivity contribution in [3.8, 4) is 0 Å². The van der Waals surface area contributed by atoms with E-state index in [0.717, 1.165) is 19.3 Å². The molecule has 2 fully saturated rings. The second kappa shape index (κ2) is 3.81. The topological polar surface area (TPSA) is 49.4 Å². The maximum absolute atomic E-state index is 11.4. The maximum atomic E-state index is 11.4. The highest BCUT2D eigenvalue weighted by atomic mass is 32.2. The molecule has 1 saturated carbocycles. The van der Waals surface area contributed by atoms with Crippen molar-refractivity contribution in [3.05, 3.63) is 0 Å². The van der Waals surface area contributed by atoms with E-state index in [4.69, 9.17) is 0 Å². The summed E-state index contributed by atoms with van der Waals surface area (Å²) in [7, 11) is 0. The van der Waals surface area contributed by atoms with Crippen molar-refractivity contribution in [2.45, 2.75) is 30.6 Å². The van der Waals surface area contributed by atoms with Gasteiger partial charge in [-0.2, -0.15) is 11.8 Å². The quantitative estimate of drug-likeness (QED) is 0.692. The highest BCUT2D eigenvalue weighted by Crippen LogP contribution is 2.31. The molecule has 2 unspecified atom stereocenters. The Morgan fingerprint density at radius 3 is 2.71 bits per heavy atom. The van der Waals surface area contributed by atoms with Crippen molar-refractivity contribution in [1.29, 1.82) is 0 Å². The van der Waals surface area contributed by atoms with Gasteiger partial charge in [-0.25, -0.2) is 4.79 Å². The lowest BCUT2D eigenvalue weighted by molar-refractivity contribution is -0.118. The molecule has 14 heavy (non-hydrogen) atoms. The first kappa shape index (κ1) is 9.83. The predicted octanol–water partition coefficient (Wildman–Crippen LogP) is 0.822. The molecule has 0 radical (unpaired) electrons. The van der Waals surface area contributed by atoms with E-state index in [-0.39, 0.29) is 24.5 Å². The van der Waals surface area contributed by atoms with Crippen LogP contribution in [0.25, 0.3) is 0 Å². The Labute approximate surface area is 87.4 Å².